The maximum Gasteiger partial charge on any atom is 0.265 e. The van der Waals surface area contributed by atoms with E-state index >= 15 is 0 Å². The average molecular weight is 535 g/mol. The van der Waals surface area contributed by atoms with Crippen molar-refractivity contribution in [3.8, 4) is 11.5 Å². The molecule has 4 aromatic rings. The van der Waals surface area contributed by atoms with Crippen molar-refractivity contribution in [2.45, 2.75) is 10.9 Å². The molecule has 196 valence electrons. The van der Waals surface area contributed by atoms with Crippen molar-refractivity contribution < 1.29 is 27.1 Å². The van der Waals surface area contributed by atoms with Crippen molar-refractivity contribution in [3.63, 3.8) is 0 Å². The van der Waals surface area contributed by atoms with Gasteiger partial charge in [-0.15, -0.1) is 0 Å². The number of hydrogen-bond acceptors (Lipinski definition) is 5. The fraction of sp³-hybridized carbons (Fsp3) is 0.138. The van der Waals surface area contributed by atoms with Crippen LogP contribution in [0.25, 0.3) is 0 Å². The Balaban J connectivity index is 1.72. The fourth-order valence-corrected chi connectivity index (χ4v) is 5.49. The summed E-state index contributed by atoms with van der Waals surface area (Å²) in [7, 11) is -1.59. The van der Waals surface area contributed by atoms with Crippen LogP contribution in [0.4, 0.5) is 10.1 Å². The molecule has 4 rings (SSSR count). The molecule has 0 aliphatic carbocycles. The van der Waals surface area contributed by atoms with Crippen molar-refractivity contribution in [1.82, 2.24) is 5.32 Å². The molecule has 0 saturated heterocycles. The number of ether oxygens (including phenoxy) is 2. The highest BCUT2D eigenvalue weighted by molar-refractivity contribution is 7.92. The second kappa shape index (κ2) is 11.8. The van der Waals surface area contributed by atoms with Crippen LogP contribution in [0.3, 0.4) is 0 Å². The summed E-state index contributed by atoms with van der Waals surface area (Å²) in [6.45, 7) is -0.659. The van der Waals surface area contributed by atoms with E-state index in [2.05, 4.69) is 5.32 Å². The first-order chi connectivity index (χ1) is 18.3. The number of amides is 1. The van der Waals surface area contributed by atoms with E-state index in [0.29, 0.717) is 5.75 Å². The van der Waals surface area contributed by atoms with Gasteiger partial charge >= 0.3 is 0 Å². The first-order valence-corrected chi connectivity index (χ1v) is 13.2. The first kappa shape index (κ1) is 26.7. The highest BCUT2D eigenvalue weighted by atomic mass is 32.2. The third-order valence-electron chi connectivity index (χ3n) is 5.92. The molecule has 0 unspecified atom stereocenters. The largest absolute Gasteiger partial charge is 0.493 e. The molecule has 38 heavy (non-hydrogen) atoms. The molecule has 0 radical (unpaired) electrons. The van der Waals surface area contributed by atoms with Gasteiger partial charge in [0.1, 0.15) is 12.4 Å². The molecule has 9 heteroatoms. The molecule has 7 nitrogen and oxygen atoms in total. The summed E-state index contributed by atoms with van der Waals surface area (Å²) in [4.78, 5) is 13.2. The lowest BCUT2D eigenvalue weighted by Gasteiger charge is -2.26. The molecular formula is C29H27FN2O5S. The van der Waals surface area contributed by atoms with Crippen LogP contribution in [0.1, 0.15) is 17.2 Å². The number of para-hydroxylation sites is 1. The van der Waals surface area contributed by atoms with E-state index < -0.39 is 34.3 Å². The predicted molar refractivity (Wildman–Crippen MR) is 143 cm³/mol. The number of benzene rings is 4. The van der Waals surface area contributed by atoms with Crippen molar-refractivity contribution in [3.05, 3.63) is 120 Å². The van der Waals surface area contributed by atoms with Gasteiger partial charge in [-0.3, -0.25) is 9.10 Å². The predicted octanol–water partition coefficient (Wildman–Crippen LogP) is 4.94. The first-order valence-electron chi connectivity index (χ1n) is 11.7. The van der Waals surface area contributed by atoms with Crippen molar-refractivity contribution >= 4 is 21.6 Å². The summed E-state index contributed by atoms with van der Waals surface area (Å²) in [5.41, 5.74) is 1.37. The third-order valence-corrected chi connectivity index (χ3v) is 7.68. The van der Waals surface area contributed by atoms with Crippen molar-refractivity contribution in [1.29, 1.82) is 0 Å². The lowest BCUT2D eigenvalue weighted by atomic mass is 9.99. The standard InChI is InChI=1S/C29H27FN2O5S/c1-36-26-18-17-23(19-27(26)37-2)38(34,35)32(25-16-10-9-15-24(25)30)20-28(33)31-29(21-11-5-3-6-12-21)22-13-7-4-8-14-22/h3-19,29H,20H2,1-2H3,(H,31,33). The normalized spacial score (nSPS) is 11.2. The molecule has 0 aromatic heterocycles. The smallest absolute Gasteiger partial charge is 0.265 e. The zero-order valence-electron chi connectivity index (χ0n) is 20.9. The third kappa shape index (κ3) is 5.78. The summed E-state index contributed by atoms with van der Waals surface area (Å²) in [5.74, 6) is -0.892. The van der Waals surface area contributed by atoms with Crippen LogP contribution in [-0.4, -0.2) is 35.1 Å². The van der Waals surface area contributed by atoms with Gasteiger partial charge in [-0.05, 0) is 35.4 Å². The van der Waals surface area contributed by atoms with E-state index in [9.17, 15) is 17.6 Å². The number of halogens is 1. The quantitative estimate of drug-likeness (QED) is 0.311. The maximum atomic E-state index is 14.9. The number of methoxy groups -OCH3 is 2. The monoisotopic (exact) mass is 534 g/mol. The number of nitrogens with zero attached hydrogens (tertiary/aromatic N) is 1. The number of nitrogens with one attached hydrogen (secondary N) is 1. The molecule has 0 atom stereocenters. The molecule has 0 spiro atoms. The van der Waals surface area contributed by atoms with E-state index in [0.717, 1.165) is 21.5 Å². The van der Waals surface area contributed by atoms with E-state index in [4.69, 9.17) is 9.47 Å². The molecular weight excluding hydrogens is 507 g/mol. The van der Waals surface area contributed by atoms with Crippen LogP contribution in [0.5, 0.6) is 11.5 Å². The Morgan fingerprint density at radius 3 is 1.92 bits per heavy atom. The highest BCUT2D eigenvalue weighted by Crippen LogP contribution is 2.33. The molecule has 0 saturated carbocycles. The van der Waals surface area contributed by atoms with E-state index in [1.807, 2.05) is 60.7 Å². The van der Waals surface area contributed by atoms with Gasteiger partial charge in [0, 0.05) is 6.07 Å². The van der Waals surface area contributed by atoms with Gasteiger partial charge in [0.25, 0.3) is 10.0 Å². The minimum atomic E-state index is -4.40. The van der Waals surface area contributed by atoms with Crippen molar-refractivity contribution in [2.75, 3.05) is 25.1 Å². The van der Waals surface area contributed by atoms with Gasteiger partial charge < -0.3 is 14.8 Å². The van der Waals surface area contributed by atoms with Gasteiger partial charge in [-0.25, -0.2) is 12.8 Å². The molecule has 0 heterocycles. The Morgan fingerprint density at radius 1 is 0.816 bits per heavy atom. The van der Waals surface area contributed by atoms with Crippen LogP contribution in [0, 0.1) is 5.82 Å². The second-order valence-electron chi connectivity index (χ2n) is 8.30. The topological polar surface area (TPSA) is 84.9 Å². The van der Waals surface area contributed by atoms with Gasteiger partial charge in [-0.1, -0.05) is 72.8 Å². The SMILES string of the molecule is COc1ccc(S(=O)(=O)N(CC(=O)NC(c2ccccc2)c2ccccc2)c2ccccc2F)cc1OC. The molecule has 4 aromatic carbocycles. The minimum absolute atomic E-state index is 0.180. The summed E-state index contributed by atoms with van der Waals surface area (Å²) in [6.07, 6.45) is 0. The Kier molecular flexibility index (Phi) is 8.28. The van der Waals surface area contributed by atoms with Gasteiger partial charge in [-0.2, -0.15) is 0 Å². The summed E-state index contributed by atoms with van der Waals surface area (Å²) in [6, 6.07) is 27.5. The average Bonchev–Trinajstić information content (AvgIpc) is 2.95. The second-order valence-corrected chi connectivity index (χ2v) is 10.2. The number of hydrogen-bond donors (Lipinski definition) is 1. The van der Waals surface area contributed by atoms with Gasteiger partial charge in [0.15, 0.2) is 11.5 Å². The van der Waals surface area contributed by atoms with Gasteiger partial charge in [0.2, 0.25) is 5.91 Å². The van der Waals surface area contributed by atoms with Crippen LogP contribution in [0.2, 0.25) is 0 Å². The summed E-state index contributed by atoms with van der Waals surface area (Å²) >= 11 is 0. The zero-order chi connectivity index (χ0) is 27.1. The fourth-order valence-electron chi connectivity index (χ4n) is 4.05. The molecule has 1 amide bonds. The van der Waals surface area contributed by atoms with Crippen LogP contribution >= 0.6 is 0 Å². The minimum Gasteiger partial charge on any atom is -0.493 e. The molecule has 0 fully saturated rings. The van der Waals surface area contributed by atoms with E-state index in [1.165, 1.54) is 50.6 Å². The van der Waals surface area contributed by atoms with Crippen LogP contribution in [0.15, 0.2) is 108 Å². The summed E-state index contributed by atoms with van der Waals surface area (Å²) in [5, 5.41) is 2.92. The molecule has 1 N–H and O–H groups in total. The Labute approximate surface area is 221 Å². The summed E-state index contributed by atoms with van der Waals surface area (Å²) < 4.78 is 53.7. The molecule has 0 bridgehead atoms. The maximum absolute atomic E-state index is 14.9. The Morgan fingerprint density at radius 2 is 1.37 bits per heavy atom. The van der Waals surface area contributed by atoms with Crippen molar-refractivity contribution in [2.24, 2.45) is 0 Å². The highest BCUT2D eigenvalue weighted by Gasteiger charge is 2.31. The van der Waals surface area contributed by atoms with Gasteiger partial charge in [0.05, 0.1) is 30.8 Å². The Hall–Kier alpha value is -4.37. The Bertz CT molecular complexity index is 1460. The van der Waals surface area contributed by atoms with E-state index in [-0.39, 0.29) is 16.3 Å². The number of rotatable bonds is 10. The zero-order valence-corrected chi connectivity index (χ0v) is 21.7. The molecule has 0 aliphatic rings. The lowest BCUT2D eigenvalue weighted by Crippen LogP contribution is -2.42. The number of sulfonamides is 1. The van der Waals surface area contributed by atoms with Crippen LogP contribution in [-0.2, 0) is 14.8 Å². The number of carbonyl (C=O) groups excluding carboxylic acids is 1. The lowest BCUT2D eigenvalue weighted by molar-refractivity contribution is -0.120. The van der Waals surface area contributed by atoms with E-state index in [1.54, 1.807) is 0 Å². The number of anilines is 1. The molecule has 0 aliphatic heterocycles. The van der Waals surface area contributed by atoms with Crippen LogP contribution < -0.4 is 19.1 Å². The number of carbonyl (C=O) groups is 1.